The molecule has 0 saturated heterocycles. The molecule has 4 rings (SSSR count). The minimum absolute atomic E-state index is 0.0238. The van der Waals surface area contributed by atoms with Gasteiger partial charge in [0.05, 0.1) is 17.9 Å². The lowest BCUT2D eigenvalue weighted by Gasteiger charge is -2.28. The van der Waals surface area contributed by atoms with Crippen LogP contribution in [-0.4, -0.2) is 16.8 Å². The van der Waals surface area contributed by atoms with Crippen LogP contribution in [0.1, 0.15) is 33.3 Å². The van der Waals surface area contributed by atoms with Crippen LogP contribution >= 0.6 is 0 Å². The highest BCUT2D eigenvalue weighted by molar-refractivity contribution is 6.20. The second-order valence-electron chi connectivity index (χ2n) is 6.84. The van der Waals surface area contributed by atoms with Crippen LogP contribution in [-0.2, 0) is 4.79 Å². The normalized spacial score (nSPS) is 16.7. The van der Waals surface area contributed by atoms with Crippen molar-refractivity contribution in [3.05, 3.63) is 101 Å². The van der Waals surface area contributed by atoms with Gasteiger partial charge in [0.1, 0.15) is 0 Å². The zero-order valence-electron chi connectivity index (χ0n) is 15.5. The predicted molar refractivity (Wildman–Crippen MR) is 105 cm³/mol. The molecule has 2 aromatic carbocycles. The first-order valence-corrected chi connectivity index (χ1v) is 8.96. The quantitative estimate of drug-likeness (QED) is 0.674. The van der Waals surface area contributed by atoms with E-state index >= 15 is 0 Å². The number of rotatable bonds is 4. The fraction of sp³-hybridized carbons (Fsp3) is 0.130. The maximum atomic E-state index is 13.1. The van der Waals surface area contributed by atoms with E-state index in [0.29, 0.717) is 5.69 Å². The summed E-state index contributed by atoms with van der Waals surface area (Å²) in [4.78, 5) is 27.6. The number of Topliss-reactive ketones (excluding diaryl/α,β-unsaturated/α-hetero) is 1. The fourth-order valence-electron chi connectivity index (χ4n) is 3.61. The first-order chi connectivity index (χ1) is 13.5. The van der Waals surface area contributed by atoms with Crippen LogP contribution in [0.15, 0.2) is 82.7 Å². The van der Waals surface area contributed by atoms with E-state index in [2.05, 4.69) is 0 Å². The Hall–Kier alpha value is -3.60. The van der Waals surface area contributed by atoms with Gasteiger partial charge < -0.3 is 9.52 Å². The molecule has 1 amide bonds. The monoisotopic (exact) mass is 373 g/mol. The van der Waals surface area contributed by atoms with Crippen molar-refractivity contribution < 1.29 is 19.1 Å². The average molecular weight is 373 g/mol. The summed E-state index contributed by atoms with van der Waals surface area (Å²) in [6.45, 7) is 3.84. The lowest BCUT2D eigenvalue weighted by atomic mass is 9.92. The minimum Gasteiger partial charge on any atom is -0.503 e. The van der Waals surface area contributed by atoms with Gasteiger partial charge >= 0.3 is 0 Å². The SMILES string of the molecule is Cc1cccc(N2C(=O)C(O)=C(C(=O)c3ccco3)C2c2ccccc2C)c1. The number of benzene rings is 2. The molecular weight excluding hydrogens is 354 g/mol. The smallest absolute Gasteiger partial charge is 0.294 e. The highest BCUT2D eigenvalue weighted by Gasteiger charge is 2.45. The molecule has 140 valence electrons. The van der Waals surface area contributed by atoms with Gasteiger partial charge in [-0.3, -0.25) is 14.5 Å². The Morgan fingerprint density at radius 3 is 2.50 bits per heavy atom. The molecule has 0 fully saturated rings. The second kappa shape index (κ2) is 6.85. The Morgan fingerprint density at radius 2 is 1.82 bits per heavy atom. The van der Waals surface area contributed by atoms with Gasteiger partial charge in [0, 0.05) is 5.69 Å². The molecule has 1 aliphatic rings. The van der Waals surface area contributed by atoms with Crippen molar-refractivity contribution in [2.75, 3.05) is 4.90 Å². The van der Waals surface area contributed by atoms with Crippen LogP contribution in [0, 0.1) is 13.8 Å². The number of anilines is 1. The third-order valence-electron chi connectivity index (χ3n) is 4.96. The van der Waals surface area contributed by atoms with Gasteiger partial charge in [-0.05, 0) is 54.8 Å². The van der Waals surface area contributed by atoms with E-state index in [4.69, 9.17) is 4.42 Å². The van der Waals surface area contributed by atoms with Gasteiger partial charge in [0.2, 0.25) is 5.78 Å². The van der Waals surface area contributed by atoms with E-state index in [-0.39, 0.29) is 11.3 Å². The van der Waals surface area contributed by atoms with Crippen molar-refractivity contribution in [3.63, 3.8) is 0 Å². The molecule has 1 atom stereocenters. The summed E-state index contributed by atoms with van der Waals surface area (Å²) in [7, 11) is 0. The van der Waals surface area contributed by atoms with Crippen molar-refractivity contribution in [1.29, 1.82) is 0 Å². The number of carbonyl (C=O) groups is 2. The Labute approximate surface area is 162 Å². The van der Waals surface area contributed by atoms with Crippen LogP contribution in [0.5, 0.6) is 0 Å². The van der Waals surface area contributed by atoms with Crippen LogP contribution < -0.4 is 4.90 Å². The minimum atomic E-state index is -0.743. The third-order valence-corrected chi connectivity index (χ3v) is 4.96. The van der Waals surface area contributed by atoms with E-state index in [1.807, 2.05) is 56.3 Å². The van der Waals surface area contributed by atoms with Gasteiger partial charge in [-0.2, -0.15) is 0 Å². The number of aliphatic hydroxyl groups excluding tert-OH is 1. The number of hydrogen-bond donors (Lipinski definition) is 1. The summed E-state index contributed by atoms with van der Waals surface area (Å²) < 4.78 is 5.24. The van der Waals surface area contributed by atoms with E-state index in [1.54, 1.807) is 12.1 Å². The van der Waals surface area contributed by atoms with E-state index in [9.17, 15) is 14.7 Å². The summed E-state index contributed by atoms with van der Waals surface area (Å²) in [5.41, 5.74) is 3.30. The summed E-state index contributed by atoms with van der Waals surface area (Å²) in [5.74, 6) is -1.57. The molecule has 0 radical (unpaired) electrons. The van der Waals surface area contributed by atoms with Crippen molar-refractivity contribution in [3.8, 4) is 0 Å². The predicted octanol–water partition coefficient (Wildman–Crippen LogP) is 4.68. The number of hydrogen-bond acceptors (Lipinski definition) is 4. The number of amides is 1. The lowest BCUT2D eigenvalue weighted by molar-refractivity contribution is -0.117. The Bertz CT molecular complexity index is 1100. The number of furan rings is 1. The molecule has 0 saturated carbocycles. The molecule has 1 unspecified atom stereocenters. The number of aryl methyl sites for hydroxylation is 2. The average Bonchev–Trinajstić information content (AvgIpc) is 3.30. The molecule has 5 nitrogen and oxygen atoms in total. The van der Waals surface area contributed by atoms with E-state index < -0.39 is 23.5 Å². The molecule has 1 N–H and O–H groups in total. The maximum Gasteiger partial charge on any atom is 0.294 e. The Morgan fingerprint density at radius 1 is 1.04 bits per heavy atom. The molecular formula is C23H19NO4. The van der Waals surface area contributed by atoms with Gasteiger partial charge in [-0.15, -0.1) is 0 Å². The number of nitrogens with zero attached hydrogens (tertiary/aromatic N) is 1. The molecule has 2 heterocycles. The van der Waals surface area contributed by atoms with Crippen LogP contribution in [0.2, 0.25) is 0 Å². The van der Waals surface area contributed by atoms with Gasteiger partial charge in [-0.25, -0.2) is 0 Å². The zero-order chi connectivity index (χ0) is 19.8. The third kappa shape index (κ3) is 2.81. The summed E-state index contributed by atoms with van der Waals surface area (Å²) >= 11 is 0. The standard InChI is InChI=1S/C23H19NO4/c1-14-7-5-9-16(13-14)24-20(17-10-4-3-8-15(17)2)19(22(26)23(24)27)21(25)18-11-6-12-28-18/h3-13,20,26H,1-2H3. The van der Waals surface area contributed by atoms with Crippen molar-refractivity contribution in [2.24, 2.45) is 0 Å². The lowest BCUT2D eigenvalue weighted by Crippen LogP contribution is -2.31. The molecule has 0 bridgehead atoms. The molecule has 5 heteroatoms. The Kier molecular flexibility index (Phi) is 4.35. The molecule has 0 aliphatic carbocycles. The van der Waals surface area contributed by atoms with Crippen molar-refractivity contribution in [2.45, 2.75) is 19.9 Å². The largest absolute Gasteiger partial charge is 0.503 e. The van der Waals surface area contributed by atoms with Crippen LogP contribution in [0.3, 0.4) is 0 Å². The highest BCUT2D eigenvalue weighted by Crippen LogP contribution is 2.42. The number of aliphatic hydroxyl groups is 1. The number of ketones is 1. The molecule has 1 aromatic heterocycles. The first-order valence-electron chi connectivity index (χ1n) is 8.96. The fourth-order valence-corrected chi connectivity index (χ4v) is 3.61. The topological polar surface area (TPSA) is 70.8 Å². The van der Waals surface area contributed by atoms with E-state index in [1.165, 1.54) is 17.2 Å². The van der Waals surface area contributed by atoms with Gasteiger partial charge in [0.15, 0.2) is 11.5 Å². The Balaban J connectivity index is 1.92. The van der Waals surface area contributed by atoms with Crippen molar-refractivity contribution in [1.82, 2.24) is 0 Å². The first kappa shape index (κ1) is 17.8. The van der Waals surface area contributed by atoms with Gasteiger partial charge in [0.25, 0.3) is 5.91 Å². The highest BCUT2D eigenvalue weighted by atomic mass is 16.3. The van der Waals surface area contributed by atoms with Gasteiger partial charge in [-0.1, -0.05) is 36.4 Å². The van der Waals surface area contributed by atoms with E-state index in [0.717, 1.165) is 16.7 Å². The number of carbonyl (C=O) groups excluding carboxylic acids is 2. The molecule has 0 spiro atoms. The van der Waals surface area contributed by atoms with Crippen LogP contribution in [0.4, 0.5) is 5.69 Å². The van der Waals surface area contributed by atoms with Crippen molar-refractivity contribution >= 4 is 17.4 Å². The zero-order valence-corrected chi connectivity index (χ0v) is 15.5. The second-order valence-corrected chi connectivity index (χ2v) is 6.84. The molecule has 3 aromatic rings. The summed E-state index contributed by atoms with van der Waals surface area (Å²) in [6.07, 6.45) is 1.39. The molecule has 1 aliphatic heterocycles. The maximum absolute atomic E-state index is 13.1. The molecule has 28 heavy (non-hydrogen) atoms. The van der Waals surface area contributed by atoms with Crippen LogP contribution in [0.25, 0.3) is 0 Å². The summed E-state index contributed by atoms with van der Waals surface area (Å²) in [5, 5.41) is 10.7. The summed E-state index contributed by atoms with van der Waals surface area (Å²) in [6, 6.07) is 17.3.